The molecule has 0 spiro atoms. The maximum Gasteiger partial charge on any atom is 0.257 e. The zero-order valence-electron chi connectivity index (χ0n) is 16.1. The van der Waals surface area contributed by atoms with Crippen molar-refractivity contribution in [3.8, 4) is 17.0 Å². The summed E-state index contributed by atoms with van der Waals surface area (Å²) in [4.78, 5) is 18.2. The standard InChI is InChI=1S/C22H24N2O2S/c1-5-26-19-12-10-17(11-13-19)20-15(4)27-22(23-20)24-21(25)18-8-6-16(7-9-18)14(2)3/h6-14H,5H2,1-4H3,(H,23,24,25). The predicted molar refractivity (Wildman–Crippen MR) is 112 cm³/mol. The van der Waals surface area contributed by atoms with Gasteiger partial charge in [0.1, 0.15) is 5.75 Å². The van der Waals surface area contributed by atoms with E-state index in [1.165, 1.54) is 16.9 Å². The molecule has 27 heavy (non-hydrogen) atoms. The van der Waals surface area contributed by atoms with Crippen LogP contribution in [0.25, 0.3) is 11.3 Å². The molecule has 0 saturated heterocycles. The minimum Gasteiger partial charge on any atom is -0.494 e. The second-order valence-corrected chi connectivity index (χ2v) is 7.82. The molecule has 5 heteroatoms. The molecule has 0 unspecified atom stereocenters. The van der Waals surface area contributed by atoms with Crippen LogP contribution in [0.2, 0.25) is 0 Å². The average Bonchev–Trinajstić information content (AvgIpc) is 3.02. The third-order valence-corrected chi connectivity index (χ3v) is 5.18. The Morgan fingerprint density at radius 1 is 1.11 bits per heavy atom. The van der Waals surface area contributed by atoms with Crippen molar-refractivity contribution in [2.75, 3.05) is 11.9 Å². The van der Waals surface area contributed by atoms with Gasteiger partial charge in [0, 0.05) is 16.0 Å². The van der Waals surface area contributed by atoms with Gasteiger partial charge in [0.25, 0.3) is 5.91 Å². The van der Waals surface area contributed by atoms with Gasteiger partial charge in [0.05, 0.1) is 12.3 Å². The highest BCUT2D eigenvalue weighted by molar-refractivity contribution is 7.16. The molecular weight excluding hydrogens is 356 g/mol. The van der Waals surface area contributed by atoms with Gasteiger partial charge in [-0.2, -0.15) is 0 Å². The molecule has 0 aliphatic rings. The average molecular weight is 381 g/mol. The maximum atomic E-state index is 12.5. The molecule has 0 aliphatic heterocycles. The van der Waals surface area contributed by atoms with Gasteiger partial charge >= 0.3 is 0 Å². The van der Waals surface area contributed by atoms with Gasteiger partial charge in [0.2, 0.25) is 0 Å². The van der Waals surface area contributed by atoms with Crippen molar-refractivity contribution in [2.45, 2.75) is 33.6 Å². The molecule has 140 valence electrons. The Morgan fingerprint density at radius 3 is 2.37 bits per heavy atom. The second-order valence-electron chi connectivity index (χ2n) is 6.61. The smallest absolute Gasteiger partial charge is 0.257 e. The summed E-state index contributed by atoms with van der Waals surface area (Å²) in [5.74, 6) is 1.14. The van der Waals surface area contributed by atoms with E-state index in [0.717, 1.165) is 21.9 Å². The number of hydrogen-bond donors (Lipinski definition) is 1. The van der Waals surface area contributed by atoms with E-state index in [4.69, 9.17) is 4.74 Å². The molecular formula is C22H24N2O2S. The van der Waals surface area contributed by atoms with E-state index in [-0.39, 0.29) is 5.91 Å². The lowest BCUT2D eigenvalue weighted by atomic mass is 10.0. The number of aromatic nitrogens is 1. The fourth-order valence-electron chi connectivity index (χ4n) is 2.78. The third kappa shape index (κ3) is 4.55. The largest absolute Gasteiger partial charge is 0.494 e. The van der Waals surface area contributed by atoms with Crippen molar-refractivity contribution in [3.63, 3.8) is 0 Å². The summed E-state index contributed by atoms with van der Waals surface area (Å²) in [5.41, 5.74) is 3.74. The molecule has 1 amide bonds. The number of thiazole rings is 1. The number of aryl methyl sites for hydroxylation is 1. The van der Waals surface area contributed by atoms with Crippen LogP contribution >= 0.6 is 11.3 Å². The van der Waals surface area contributed by atoms with Crippen molar-refractivity contribution in [1.29, 1.82) is 0 Å². The molecule has 1 aromatic heterocycles. The Hall–Kier alpha value is -2.66. The summed E-state index contributed by atoms with van der Waals surface area (Å²) in [5, 5.41) is 3.52. The van der Waals surface area contributed by atoms with Crippen molar-refractivity contribution in [2.24, 2.45) is 0 Å². The number of hydrogen-bond acceptors (Lipinski definition) is 4. The fourth-order valence-corrected chi connectivity index (χ4v) is 3.61. The van der Waals surface area contributed by atoms with Crippen LogP contribution in [-0.4, -0.2) is 17.5 Å². The quantitative estimate of drug-likeness (QED) is 0.580. The van der Waals surface area contributed by atoms with Gasteiger partial charge in [-0.05, 0) is 61.7 Å². The van der Waals surface area contributed by atoms with Gasteiger partial charge < -0.3 is 4.74 Å². The molecule has 1 heterocycles. The Balaban J connectivity index is 1.74. The van der Waals surface area contributed by atoms with E-state index >= 15 is 0 Å². The first kappa shape index (κ1) is 19.1. The van der Waals surface area contributed by atoms with Crippen molar-refractivity contribution < 1.29 is 9.53 Å². The summed E-state index contributed by atoms with van der Waals surface area (Å²) in [6, 6.07) is 15.6. The summed E-state index contributed by atoms with van der Waals surface area (Å²) in [6.45, 7) is 8.88. The molecule has 3 aromatic rings. The number of anilines is 1. The normalized spacial score (nSPS) is 10.9. The summed E-state index contributed by atoms with van der Waals surface area (Å²) in [6.07, 6.45) is 0. The van der Waals surface area contributed by atoms with Crippen LogP contribution in [0.4, 0.5) is 5.13 Å². The number of carbonyl (C=O) groups excluding carboxylic acids is 1. The van der Waals surface area contributed by atoms with Crippen molar-refractivity contribution in [1.82, 2.24) is 4.98 Å². The summed E-state index contributed by atoms with van der Waals surface area (Å²) < 4.78 is 5.48. The van der Waals surface area contributed by atoms with E-state index in [1.807, 2.05) is 62.4 Å². The minimum atomic E-state index is -0.141. The van der Waals surface area contributed by atoms with E-state index in [9.17, 15) is 4.79 Å². The highest BCUT2D eigenvalue weighted by atomic mass is 32.1. The fraction of sp³-hybridized carbons (Fsp3) is 0.273. The molecule has 1 N–H and O–H groups in total. The Morgan fingerprint density at radius 2 is 1.78 bits per heavy atom. The highest BCUT2D eigenvalue weighted by Gasteiger charge is 2.13. The lowest BCUT2D eigenvalue weighted by Crippen LogP contribution is -2.11. The van der Waals surface area contributed by atoms with Gasteiger partial charge in [-0.25, -0.2) is 4.98 Å². The minimum absolute atomic E-state index is 0.141. The Kier molecular flexibility index (Phi) is 5.91. The van der Waals surface area contributed by atoms with Gasteiger partial charge in [0.15, 0.2) is 5.13 Å². The molecule has 4 nitrogen and oxygen atoms in total. The van der Waals surface area contributed by atoms with Crippen LogP contribution in [0.3, 0.4) is 0 Å². The molecule has 0 aliphatic carbocycles. The SMILES string of the molecule is CCOc1ccc(-c2nc(NC(=O)c3ccc(C(C)C)cc3)sc2C)cc1. The van der Waals surface area contributed by atoms with Crippen LogP contribution in [0.5, 0.6) is 5.75 Å². The summed E-state index contributed by atoms with van der Waals surface area (Å²) in [7, 11) is 0. The zero-order valence-corrected chi connectivity index (χ0v) is 16.9. The Labute approximate surface area is 164 Å². The molecule has 0 fully saturated rings. The molecule has 0 saturated carbocycles. The summed E-state index contributed by atoms with van der Waals surface area (Å²) >= 11 is 1.48. The Bertz CT molecular complexity index is 912. The number of ether oxygens (including phenoxy) is 1. The van der Waals surface area contributed by atoms with Crippen LogP contribution < -0.4 is 10.1 Å². The van der Waals surface area contributed by atoms with E-state index < -0.39 is 0 Å². The first-order valence-electron chi connectivity index (χ1n) is 9.10. The number of benzene rings is 2. The topological polar surface area (TPSA) is 51.2 Å². The van der Waals surface area contributed by atoms with Crippen molar-refractivity contribution in [3.05, 3.63) is 64.5 Å². The number of amides is 1. The lowest BCUT2D eigenvalue weighted by Gasteiger charge is -2.06. The molecule has 0 radical (unpaired) electrons. The first-order valence-corrected chi connectivity index (χ1v) is 9.91. The van der Waals surface area contributed by atoms with E-state index in [1.54, 1.807) is 0 Å². The monoisotopic (exact) mass is 380 g/mol. The molecule has 0 atom stereocenters. The van der Waals surface area contributed by atoms with E-state index in [0.29, 0.717) is 23.2 Å². The van der Waals surface area contributed by atoms with Crippen molar-refractivity contribution >= 4 is 22.4 Å². The van der Waals surface area contributed by atoms with Gasteiger partial charge in [-0.1, -0.05) is 26.0 Å². The first-order chi connectivity index (χ1) is 13.0. The highest BCUT2D eigenvalue weighted by Crippen LogP contribution is 2.31. The number of rotatable bonds is 6. The second kappa shape index (κ2) is 8.35. The number of carbonyl (C=O) groups is 1. The lowest BCUT2D eigenvalue weighted by molar-refractivity contribution is 0.102. The zero-order chi connectivity index (χ0) is 19.4. The van der Waals surface area contributed by atoms with Gasteiger partial charge in [-0.15, -0.1) is 11.3 Å². The predicted octanol–water partition coefficient (Wildman–Crippen LogP) is 5.89. The van der Waals surface area contributed by atoms with Crippen LogP contribution in [0.1, 0.15) is 47.5 Å². The van der Waals surface area contributed by atoms with E-state index in [2.05, 4.69) is 24.1 Å². The van der Waals surface area contributed by atoms with Gasteiger partial charge in [-0.3, -0.25) is 10.1 Å². The van der Waals surface area contributed by atoms with Crippen LogP contribution in [0, 0.1) is 6.92 Å². The molecule has 0 bridgehead atoms. The molecule has 2 aromatic carbocycles. The van der Waals surface area contributed by atoms with Crippen LogP contribution in [0.15, 0.2) is 48.5 Å². The van der Waals surface area contributed by atoms with Crippen LogP contribution in [-0.2, 0) is 0 Å². The number of nitrogens with zero attached hydrogens (tertiary/aromatic N) is 1. The maximum absolute atomic E-state index is 12.5. The third-order valence-electron chi connectivity index (χ3n) is 4.30. The molecule has 3 rings (SSSR count). The number of nitrogens with one attached hydrogen (secondary N) is 1.